The van der Waals surface area contributed by atoms with E-state index in [4.69, 9.17) is 4.42 Å². The third-order valence-corrected chi connectivity index (χ3v) is 2.92. The summed E-state index contributed by atoms with van der Waals surface area (Å²) in [7, 11) is 0. The fourth-order valence-electron chi connectivity index (χ4n) is 2.14. The van der Waals surface area contributed by atoms with Gasteiger partial charge in [0.1, 0.15) is 12.1 Å². The number of hydrogen-bond acceptors (Lipinski definition) is 3. The Morgan fingerprint density at radius 1 is 1.00 bits per heavy atom. The Labute approximate surface area is 99.1 Å². The van der Waals surface area contributed by atoms with E-state index in [0.29, 0.717) is 5.71 Å². The number of aromatic nitrogens is 2. The fourth-order valence-corrected chi connectivity index (χ4v) is 2.14. The van der Waals surface area contributed by atoms with Crippen LogP contribution in [0.4, 0.5) is 0 Å². The zero-order chi connectivity index (χ0) is 11.8. The molecule has 3 aromatic rings. The molecular formula is C14H12N2O. The van der Waals surface area contributed by atoms with Crippen LogP contribution >= 0.6 is 0 Å². The van der Waals surface area contributed by atoms with Gasteiger partial charge in [-0.1, -0.05) is 30.3 Å². The van der Waals surface area contributed by atoms with Gasteiger partial charge in [-0.25, -0.2) is 9.97 Å². The Hall–Kier alpha value is -2.16. The van der Waals surface area contributed by atoms with E-state index >= 15 is 0 Å². The van der Waals surface area contributed by atoms with Crippen LogP contribution in [0.5, 0.6) is 0 Å². The van der Waals surface area contributed by atoms with Crippen LogP contribution in [0.3, 0.4) is 0 Å². The molecule has 17 heavy (non-hydrogen) atoms. The van der Waals surface area contributed by atoms with E-state index in [2.05, 4.69) is 22.1 Å². The third kappa shape index (κ3) is 1.51. The number of benzene rings is 1. The topological polar surface area (TPSA) is 38.9 Å². The maximum atomic E-state index is 5.68. The minimum Gasteiger partial charge on any atom is -0.442 e. The van der Waals surface area contributed by atoms with Crippen molar-refractivity contribution in [2.24, 2.45) is 0 Å². The maximum Gasteiger partial charge on any atom is 0.230 e. The molecule has 0 aliphatic heterocycles. The second kappa shape index (κ2) is 3.70. The highest BCUT2D eigenvalue weighted by atomic mass is 16.3. The molecule has 0 amide bonds. The van der Waals surface area contributed by atoms with E-state index in [-0.39, 0.29) is 0 Å². The summed E-state index contributed by atoms with van der Waals surface area (Å²) in [5, 5.41) is 1.01. The van der Waals surface area contributed by atoms with Gasteiger partial charge in [-0.3, -0.25) is 0 Å². The highest BCUT2D eigenvalue weighted by Crippen LogP contribution is 2.34. The largest absolute Gasteiger partial charge is 0.442 e. The van der Waals surface area contributed by atoms with Gasteiger partial charge in [-0.2, -0.15) is 0 Å². The van der Waals surface area contributed by atoms with Crippen molar-refractivity contribution < 1.29 is 4.42 Å². The first-order valence-electron chi connectivity index (χ1n) is 5.53. The highest BCUT2D eigenvalue weighted by molar-refractivity contribution is 5.95. The molecule has 0 spiro atoms. The summed E-state index contributed by atoms with van der Waals surface area (Å²) in [6.45, 7) is 3.94. The molecule has 3 heteroatoms. The van der Waals surface area contributed by atoms with E-state index in [1.54, 1.807) is 0 Å². The lowest BCUT2D eigenvalue weighted by Crippen LogP contribution is -1.85. The van der Waals surface area contributed by atoms with Crippen LogP contribution in [0, 0.1) is 13.8 Å². The van der Waals surface area contributed by atoms with Gasteiger partial charge in [0, 0.05) is 5.56 Å². The van der Waals surface area contributed by atoms with Crippen molar-refractivity contribution in [2.75, 3.05) is 0 Å². The predicted molar refractivity (Wildman–Crippen MR) is 66.7 cm³/mol. The minimum absolute atomic E-state index is 0.661. The Balaban J connectivity index is 2.40. The second-order valence-corrected chi connectivity index (χ2v) is 4.04. The number of furan rings is 1. The minimum atomic E-state index is 0.661. The SMILES string of the molecule is Cc1oc2ncnc(C)c2c1-c1ccccc1. The van der Waals surface area contributed by atoms with Gasteiger partial charge in [0.15, 0.2) is 0 Å². The van der Waals surface area contributed by atoms with Crippen molar-refractivity contribution >= 4 is 11.1 Å². The highest BCUT2D eigenvalue weighted by Gasteiger charge is 2.15. The summed E-state index contributed by atoms with van der Waals surface area (Å²) in [5.41, 5.74) is 3.85. The van der Waals surface area contributed by atoms with Crippen molar-refractivity contribution in [1.82, 2.24) is 9.97 Å². The van der Waals surface area contributed by atoms with E-state index in [1.807, 2.05) is 32.0 Å². The molecule has 0 bridgehead atoms. The molecule has 3 rings (SSSR count). The van der Waals surface area contributed by atoms with E-state index in [1.165, 1.54) is 6.33 Å². The quantitative estimate of drug-likeness (QED) is 0.635. The van der Waals surface area contributed by atoms with Crippen LogP contribution in [0.2, 0.25) is 0 Å². The average Bonchev–Trinajstić information content (AvgIpc) is 2.68. The van der Waals surface area contributed by atoms with Crippen molar-refractivity contribution in [3.63, 3.8) is 0 Å². The summed E-state index contributed by atoms with van der Waals surface area (Å²) >= 11 is 0. The zero-order valence-corrected chi connectivity index (χ0v) is 9.77. The Morgan fingerprint density at radius 2 is 1.76 bits per heavy atom. The lowest BCUT2D eigenvalue weighted by Gasteiger charge is -2.00. The first kappa shape index (κ1) is 10.0. The average molecular weight is 224 g/mol. The molecule has 0 aliphatic rings. The third-order valence-electron chi connectivity index (χ3n) is 2.92. The number of rotatable bonds is 1. The number of fused-ring (bicyclic) bond motifs is 1. The molecular weight excluding hydrogens is 212 g/mol. The number of nitrogens with zero attached hydrogens (tertiary/aromatic N) is 2. The van der Waals surface area contributed by atoms with Gasteiger partial charge in [-0.15, -0.1) is 0 Å². The van der Waals surface area contributed by atoms with Gasteiger partial charge in [0.05, 0.1) is 11.1 Å². The van der Waals surface area contributed by atoms with E-state index in [9.17, 15) is 0 Å². The smallest absolute Gasteiger partial charge is 0.230 e. The molecule has 0 aliphatic carbocycles. The van der Waals surface area contributed by atoms with E-state index in [0.717, 1.165) is 28.0 Å². The number of aryl methyl sites for hydroxylation is 2. The molecule has 2 aromatic heterocycles. The fraction of sp³-hybridized carbons (Fsp3) is 0.143. The van der Waals surface area contributed by atoms with Crippen molar-refractivity contribution in [1.29, 1.82) is 0 Å². The molecule has 0 saturated carbocycles. The van der Waals surface area contributed by atoms with Crippen LogP contribution in [0.1, 0.15) is 11.5 Å². The molecule has 1 aromatic carbocycles. The van der Waals surface area contributed by atoms with Crippen LogP contribution in [0.15, 0.2) is 41.1 Å². The van der Waals surface area contributed by atoms with Crippen LogP contribution in [0.25, 0.3) is 22.2 Å². The summed E-state index contributed by atoms with van der Waals surface area (Å²) < 4.78 is 5.68. The summed E-state index contributed by atoms with van der Waals surface area (Å²) in [4.78, 5) is 8.41. The molecule has 84 valence electrons. The Bertz CT molecular complexity index is 671. The molecule has 0 saturated heterocycles. The Kier molecular flexibility index (Phi) is 2.18. The second-order valence-electron chi connectivity index (χ2n) is 4.04. The van der Waals surface area contributed by atoms with Gasteiger partial charge < -0.3 is 4.42 Å². The molecule has 0 fully saturated rings. The van der Waals surface area contributed by atoms with Crippen LogP contribution in [-0.2, 0) is 0 Å². The molecule has 0 unspecified atom stereocenters. The first-order valence-corrected chi connectivity index (χ1v) is 5.53. The van der Waals surface area contributed by atoms with Crippen LogP contribution in [-0.4, -0.2) is 9.97 Å². The maximum absolute atomic E-state index is 5.68. The summed E-state index contributed by atoms with van der Waals surface area (Å²) in [6, 6.07) is 10.2. The summed E-state index contributed by atoms with van der Waals surface area (Å²) in [5.74, 6) is 0.884. The molecule has 3 nitrogen and oxygen atoms in total. The molecule has 0 atom stereocenters. The van der Waals surface area contributed by atoms with Gasteiger partial charge in [-0.05, 0) is 19.4 Å². The normalized spacial score (nSPS) is 10.9. The standard InChI is InChI=1S/C14H12N2O/c1-9-12-13(11-6-4-3-5-7-11)10(2)17-14(12)16-8-15-9/h3-8H,1-2H3. The zero-order valence-electron chi connectivity index (χ0n) is 9.77. The van der Waals surface area contributed by atoms with Crippen LogP contribution < -0.4 is 0 Å². The monoisotopic (exact) mass is 224 g/mol. The van der Waals surface area contributed by atoms with Gasteiger partial charge in [0.25, 0.3) is 0 Å². The lowest BCUT2D eigenvalue weighted by atomic mass is 10.0. The number of hydrogen-bond donors (Lipinski definition) is 0. The van der Waals surface area contributed by atoms with E-state index < -0.39 is 0 Å². The van der Waals surface area contributed by atoms with Crippen molar-refractivity contribution in [2.45, 2.75) is 13.8 Å². The molecule has 0 radical (unpaired) electrons. The first-order chi connectivity index (χ1) is 8.27. The predicted octanol–water partition coefficient (Wildman–Crippen LogP) is 3.51. The Morgan fingerprint density at radius 3 is 2.53 bits per heavy atom. The van der Waals surface area contributed by atoms with Gasteiger partial charge in [0.2, 0.25) is 5.71 Å². The molecule has 2 heterocycles. The summed E-state index contributed by atoms with van der Waals surface area (Å²) in [6.07, 6.45) is 1.54. The van der Waals surface area contributed by atoms with Crippen molar-refractivity contribution in [3.8, 4) is 11.1 Å². The van der Waals surface area contributed by atoms with Gasteiger partial charge >= 0.3 is 0 Å². The lowest BCUT2D eigenvalue weighted by molar-refractivity contribution is 0.568. The molecule has 0 N–H and O–H groups in total. The van der Waals surface area contributed by atoms with Crippen molar-refractivity contribution in [3.05, 3.63) is 48.1 Å².